The summed E-state index contributed by atoms with van der Waals surface area (Å²) in [7, 11) is 0. The minimum absolute atomic E-state index is 0.0450. The van der Waals surface area contributed by atoms with E-state index in [4.69, 9.17) is 0 Å². The number of fused-ring (bicyclic) bond motifs is 1. The molecule has 1 aliphatic heterocycles. The van der Waals surface area contributed by atoms with Crippen LogP contribution in [0, 0.1) is 12.3 Å². The van der Waals surface area contributed by atoms with Crippen molar-refractivity contribution in [3.63, 3.8) is 0 Å². The molecule has 0 unspecified atom stereocenters. The van der Waals surface area contributed by atoms with E-state index in [1.807, 2.05) is 30.0 Å². The Balaban J connectivity index is 1.58. The van der Waals surface area contributed by atoms with E-state index in [-0.39, 0.29) is 29.5 Å². The Morgan fingerprint density at radius 3 is 2.73 bits per heavy atom. The molecule has 1 aromatic heterocycles. The number of carbonyl (C=O) groups is 1. The largest absolute Gasteiger partial charge is 0.392 e. The maximum atomic E-state index is 12.9. The maximum Gasteiger partial charge on any atom is 0.275 e. The Morgan fingerprint density at radius 1 is 1.27 bits per heavy atom. The van der Waals surface area contributed by atoms with Crippen LogP contribution < -0.4 is 5.56 Å². The zero-order chi connectivity index (χ0) is 18.3. The van der Waals surface area contributed by atoms with E-state index in [0.717, 1.165) is 43.2 Å². The summed E-state index contributed by atoms with van der Waals surface area (Å²) in [6.45, 7) is 3.09. The molecular weight excluding hydrogens is 330 g/mol. The third-order valence-corrected chi connectivity index (χ3v) is 6.16. The van der Waals surface area contributed by atoms with Gasteiger partial charge in [-0.05, 0) is 38.7 Å². The standard InChI is InChI=1S/C20H25N3O3/c1-14-15-6-2-3-7-16(15)19(26)23(21-14)12-18(25)22-11-5-10-20(13-22)9-4-8-17(20)24/h2-3,6-7,17,24H,4-5,8-13H2,1H3/t17-,20-/m1/s1. The molecule has 2 atom stereocenters. The summed E-state index contributed by atoms with van der Waals surface area (Å²) in [6.07, 6.45) is 4.39. The second-order valence-electron chi connectivity index (χ2n) is 7.78. The van der Waals surface area contributed by atoms with Gasteiger partial charge in [-0.15, -0.1) is 0 Å². The summed E-state index contributed by atoms with van der Waals surface area (Å²) >= 11 is 0. The number of hydrogen-bond acceptors (Lipinski definition) is 4. The monoisotopic (exact) mass is 355 g/mol. The molecule has 1 N–H and O–H groups in total. The highest BCUT2D eigenvalue weighted by Crippen LogP contribution is 2.45. The average molecular weight is 355 g/mol. The van der Waals surface area contributed by atoms with Gasteiger partial charge >= 0.3 is 0 Å². The fraction of sp³-hybridized carbons (Fsp3) is 0.550. The average Bonchev–Trinajstić information content (AvgIpc) is 2.99. The molecule has 1 aromatic carbocycles. The fourth-order valence-corrected chi connectivity index (χ4v) is 4.71. The lowest BCUT2D eigenvalue weighted by Crippen LogP contribution is -2.50. The smallest absolute Gasteiger partial charge is 0.275 e. The summed E-state index contributed by atoms with van der Waals surface area (Å²) in [5.74, 6) is -0.0903. The third kappa shape index (κ3) is 2.82. The second-order valence-corrected chi connectivity index (χ2v) is 7.78. The van der Waals surface area contributed by atoms with Crippen LogP contribution in [0.25, 0.3) is 10.8 Å². The Bertz CT molecular complexity index is 907. The van der Waals surface area contributed by atoms with Crippen LogP contribution in [0.2, 0.25) is 0 Å². The molecule has 0 bridgehead atoms. The van der Waals surface area contributed by atoms with Crippen molar-refractivity contribution < 1.29 is 9.90 Å². The van der Waals surface area contributed by atoms with Crippen molar-refractivity contribution in [3.05, 3.63) is 40.3 Å². The molecule has 1 aliphatic carbocycles. The normalized spacial score (nSPS) is 25.9. The van der Waals surface area contributed by atoms with Crippen LogP contribution in [0.4, 0.5) is 0 Å². The Hall–Kier alpha value is -2.21. The molecule has 2 heterocycles. The third-order valence-electron chi connectivity index (χ3n) is 6.16. The van der Waals surface area contributed by atoms with E-state index in [0.29, 0.717) is 18.5 Å². The molecule has 6 nitrogen and oxygen atoms in total. The SMILES string of the molecule is Cc1nn(CC(=O)N2CCC[C@]3(CCC[C@H]3O)C2)c(=O)c2ccccc12. The first-order chi connectivity index (χ1) is 12.5. The number of rotatable bonds is 2. The summed E-state index contributed by atoms with van der Waals surface area (Å²) in [6, 6.07) is 7.36. The number of nitrogens with zero attached hydrogens (tertiary/aromatic N) is 3. The fourth-order valence-electron chi connectivity index (χ4n) is 4.71. The molecule has 2 fully saturated rings. The lowest BCUT2D eigenvalue weighted by Gasteiger charge is -2.42. The van der Waals surface area contributed by atoms with Gasteiger partial charge in [-0.2, -0.15) is 5.10 Å². The maximum absolute atomic E-state index is 12.9. The van der Waals surface area contributed by atoms with Gasteiger partial charge in [0.05, 0.1) is 17.2 Å². The Labute approximate surface area is 152 Å². The van der Waals surface area contributed by atoms with Crippen molar-refractivity contribution in [2.75, 3.05) is 13.1 Å². The van der Waals surface area contributed by atoms with E-state index in [2.05, 4.69) is 5.10 Å². The van der Waals surface area contributed by atoms with Gasteiger partial charge in [0.25, 0.3) is 5.56 Å². The minimum atomic E-state index is -0.318. The quantitative estimate of drug-likeness (QED) is 0.892. The van der Waals surface area contributed by atoms with Gasteiger partial charge in [0.2, 0.25) is 5.91 Å². The number of hydrogen-bond donors (Lipinski definition) is 1. The number of aliphatic hydroxyl groups is 1. The van der Waals surface area contributed by atoms with Gasteiger partial charge in [0, 0.05) is 23.9 Å². The number of piperidine rings is 1. The van der Waals surface area contributed by atoms with Crippen LogP contribution in [0.1, 0.15) is 37.8 Å². The predicted octanol–water partition coefficient (Wildman–Crippen LogP) is 1.86. The second kappa shape index (κ2) is 6.50. The summed E-state index contributed by atoms with van der Waals surface area (Å²) in [4.78, 5) is 27.4. The van der Waals surface area contributed by atoms with Crippen LogP contribution in [0.15, 0.2) is 29.1 Å². The topological polar surface area (TPSA) is 75.4 Å². The first-order valence-electron chi connectivity index (χ1n) is 9.42. The molecule has 0 radical (unpaired) electrons. The molecule has 1 saturated carbocycles. The molecular formula is C20H25N3O3. The van der Waals surface area contributed by atoms with E-state index in [9.17, 15) is 14.7 Å². The number of likely N-dealkylation sites (tertiary alicyclic amines) is 1. The highest BCUT2D eigenvalue weighted by Gasteiger charge is 2.45. The van der Waals surface area contributed by atoms with Crippen molar-refractivity contribution in [1.29, 1.82) is 0 Å². The molecule has 1 amide bonds. The Kier molecular flexibility index (Phi) is 4.31. The molecule has 26 heavy (non-hydrogen) atoms. The molecule has 4 rings (SSSR count). The zero-order valence-electron chi connectivity index (χ0n) is 15.1. The van der Waals surface area contributed by atoms with Gasteiger partial charge in [0.15, 0.2) is 0 Å². The van der Waals surface area contributed by atoms with Crippen LogP contribution in [-0.4, -0.2) is 44.9 Å². The van der Waals surface area contributed by atoms with Crippen LogP contribution in [-0.2, 0) is 11.3 Å². The predicted molar refractivity (Wildman–Crippen MR) is 98.8 cm³/mol. The molecule has 2 aromatic rings. The van der Waals surface area contributed by atoms with Gasteiger partial charge in [-0.1, -0.05) is 24.6 Å². The van der Waals surface area contributed by atoms with Crippen LogP contribution in [0.3, 0.4) is 0 Å². The van der Waals surface area contributed by atoms with E-state index >= 15 is 0 Å². The number of benzene rings is 1. The number of aliphatic hydroxyl groups excluding tert-OH is 1. The van der Waals surface area contributed by atoms with Gasteiger partial charge in [-0.3, -0.25) is 9.59 Å². The van der Waals surface area contributed by atoms with Gasteiger partial charge in [-0.25, -0.2) is 4.68 Å². The first-order valence-corrected chi connectivity index (χ1v) is 9.42. The molecule has 1 spiro atoms. The zero-order valence-corrected chi connectivity index (χ0v) is 15.1. The van der Waals surface area contributed by atoms with E-state index in [1.165, 1.54) is 4.68 Å². The van der Waals surface area contributed by atoms with Crippen LogP contribution in [0.5, 0.6) is 0 Å². The van der Waals surface area contributed by atoms with Gasteiger partial charge < -0.3 is 10.0 Å². The molecule has 1 saturated heterocycles. The minimum Gasteiger partial charge on any atom is -0.392 e. The molecule has 6 heteroatoms. The summed E-state index contributed by atoms with van der Waals surface area (Å²) < 4.78 is 1.28. The van der Waals surface area contributed by atoms with Gasteiger partial charge in [0.1, 0.15) is 6.54 Å². The Morgan fingerprint density at radius 2 is 2.00 bits per heavy atom. The number of aryl methyl sites for hydroxylation is 1. The summed E-state index contributed by atoms with van der Waals surface area (Å²) in [5, 5.41) is 16.2. The van der Waals surface area contributed by atoms with Crippen LogP contribution >= 0.6 is 0 Å². The molecule has 2 aliphatic rings. The van der Waals surface area contributed by atoms with E-state index in [1.54, 1.807) is 6.07 Å². The highest BCUT2D eigenvalue weighted by atomic mass is 16.3. The number of aromatic nitrogens is 2. The van der Waals surface area contributed by atoms with Crippen molar-refractivity contribution in [2.45, 2.75) is 51.7 Å². The highest BCUT2D eigenvalue weighted by molar-refractivity contribution is 5.83. The van der Waals surface area contributed by atoms with Crippen molar-refractivity contribution in [2.24, 2.45) is 5.41 Å². The number of carbonyl (C=O) groups excluding carboxylic acids is 1. The lowest BCUT2D eigenvalue weighted by molar-refractivity contribution is -0.137. The first kappa shape index (κ1) is 17.2. The molecule has 138 valence electrons. The van der Waals surface area contributed by atoms with Crippen molar-refractivity contribution >= 4 is 16.7 Å². The lowest BCUT2D eigenvalue weighted by atomic mass is 9.76. The van der Waals surface area contributed by atoms with Crippen molar-refractivity contribution in [3.8, 4) is 0 Å². The number of amides is 1. The van der Waals surface area contributed by atoms with Crippen molar-refractivity contribution in [1.82, 2.24) is 14.7 Å². The van der Waals surface area contributed by atoms with E-state index < -0.39 is 0 Å². The summed E-state index contributed by atoms with van der Waals surface area (Å²) in [5.41, 5.74) is 0.368.